The number of rotatable bonds is 9. The van der Waals surface area contributed by atoms with E-state index in [0.717, 1.165) is 5.56 Å². The number of amides is 1. The highest BCUT2D eigenvalue weighted by Crippen LogP contribution is 2.29. The molecule has 0 spiro atoms. The number of carbonyl (C=O) groups is 1. The second-order valence-corrected chi connectivity index (χ2v) is 10.6. The normalized spacial score (nSPS) is 16.1. The Labute approximate surface area is 219 Å². The summed E-state index contributed by atoms with van der Waals surface area (Å²) >= 11 is 5.87. The van der Waals surface area contributed by atoms with Gasteiger partial charge in [0.25, 0.3) is 5.91 Å². The fourth-order valence-electron chi connectivity index (χ4n) is 3.90. The Morgan fingerprint density at radius 1 is 1.14 bits per heavy atom. The molecule has 0 saturated carbocycles. The second kappa shape index (κ2) is 11.7. The highest BCUT2D eigenvalue weighted by atomic mass is 35.5. The standard InChI is InChI=1S/C26H25ClFN3O5S/c1-35-25-15-19(6-13-24(25)36-17-18-4-9-21(28)10-5-18)16-29-30-26(32)23-3-2-14-31(23)37(33,34)22-11-7-20(27)8-12-22/h4-13,15-16,23H,2-3,14,17H2,1H3,(H,30,32)/t23-/m0/s1. The zero-order valence-electron chi connectivity index (χ0n) is 19.9. The molecule has 1 saturated heterocycles. The molecule has 11 heteroatoms. The van der Waals surface area contributed by atoms with Crippen molar-refractivity contribution in [3.8, 4) is 11.5 Å². The molecule has 1 heterocycles. The van der Waals surface area contributed by atoms with Crippen LogP contribution in [0.2, 0.25) is 5.02 Å². The number of carbonyl (C=O) groups excluding carboxylic acids is 1. The van der Waals surface area contributed by atoms with E-state index in [9.17, 15) is 17.6 Å². The molecule has 8 nitrogen and oxygen atoms in total. The minimum atomic E-state index is -3.86. The summed E-state index contributed by atoms with van der Waals surface area (Å²) in [6.07, 6.45) is 2.38. The zero-order chi connectivity index (χ0) is 26.4. The Morgan fingerprint density at radius 2 is 1.86 bits per heavy atom. The van der Waals surface area contributed by atoms with Gasteiger partial charge in [-0.15, -0.1) is 0 Å². The Morgan fingerprint density at radius 3 is 2.57 bits per heavy atom. The molecule has 1 N–H and O–H groups in total. The summed E-state index contributed by atoms with van der Waals surface area (Å²) in [5, 5.41) is 4.42. The number of methoxy groups -OCH3 is 1. The van der Waals surface area contributed by atoms with Crippen LogP contribution in [0.25, 0.3) is 0 Å². The van der Waals surface area contributed by atoms with Crippen LogP contribution >= 0.6 is 11.6 Å². The van der Waals surface area contributed by atoms with E-state index in [2.05, 4.69) is 10.5 Å². The van der Waals surface area contributed by atoms with Gasteiger partial charge in [-0.1, -0.05) is 23.7 Å². The fourth-order valence-corrected chi connectivity index (χ4v) is 5.68. The molecule has 194 valence electrons. The van der Waals surface area contributed by atoms with Crippen LogP contribution in [-0.2, 0) is 21.4 Å². The highest BCUT2D eigenvalue weighted by molar-refractivity contribution is 7.89. The second-order valence-electron chi connectivity index (χ2n) is 8.29. The number of ether oxygens (including phenoxy) is 2. The van der Waals surface area contributed by atoms with E-state index in [1.165, 1.54) is 54.0 Å². The number of halogens is 2. The van der Waals surface area contributed by atoms with Gasteiger partial charge in [0.15, 0.2) is 11.5 Å². The van der Waals surface area contributed by atoms with Gasteiger partial charge in [0.1, 0.15) is 18.5 Å². The molecule has 1 aliphatic heterocycles. The zero-order valence-corrected chi connectivity index (χ0v) is 21.5. The van der Waals surface area contributed by atoms with E-state index in [0.29, 0.717) is 34.9 Å². The monoisotopic (exact) mass is 545 g/mol. The van der Waals surface area contributed by atoms with Crippen LogP contribution in [0.3, 0.4) is 0 Å². The van der Waals surface area contributed by atoms with Gasteiger partial charge in [-0.2, -0.15) is 9.41 Å². The third-order valence-corrected chi connectivity index (χ3v) is 7.98. The molecule has 1 atom stereocenters. The van der Waals surface area contributed by atoms with E-state index in [1.54, 1.807) is 30.3 Å². The topological polar surface area (TPSA) is 97.3 Å². The van der Waals surface area contributed by atoms with Crippen molar-refractivity contribution in [1.82, 2.24) is 9.73 Å². The summed E-state index contributed by atoms with van der Waals surface area (Å²) in [5.74, 6) is 0.105. The van der Waals surface area contributed by atoms with Crippen LogP contribution in [0.15, 0.2) is 76.7 Å². The van der Waals surface area contributed by atoms with Crippen molar-refractivity contribution in [1.29, 1.82) is 0 Å². The maximum Gasteiger partial charge on any atom is 0.258 e. The molecule has 0 bridgehead atoms. The molecule has 0 unspecified atom stereocenters. The van der Waals surface area contributed by atoms with Gasteiger partial charge in [0, 0.05) is 11.6 Å². The summed E-state index contributed by atoms with van der Waals surface area (Å²) in [7, 11) is -2.36. The molecule has 1 fully saturated rings. The van der Waals surface area contributed by atoms with Crippen molar-refractivity contribution < 1.29 is 27.1 Å². The SMILES string of the molecule is COc1cc(C=NNC(=O)[C@@H]2CCCN2S(=O)(=O)c2ccc(Cl)cc2)ccc1OCc1ccc(F)cc1. The molecule has 3 aromatic rings. The number of benzene rings is 3. The van der Waals surface area contributed by atoms with Gasteiger partial charge in [0.05, 0.1) is 18.2 Å². The minimum absolute atomic E-state index is 0.0777. The first-order valence-electron chi connectivity index (χ1n) is 11.4. The van der Waals surface area contributed by atoms with Crippen LogP contribution in [-0.4, -0.2) is 44.5 Å². The summed E-state index contributed by atoms with van der Waals surface area (Å²) in [6, 6.07) is 16.1. The Balaban J connectivity index is 1.38. The van der Waals surface area contributed by atoms with E-state index in [4.69, 9.17) is 21.1 Å². The number of sulfonamides is 1. The van der Waals surface area contributed by atoms with Gasteiger partial charge in [-0.05, 0) is 78.6 Å². The minimum Gasteiger partial charge on any atom is -0.493 e. The predicted molar refractivity (Wildman–Crippen MR) is 138 cm³/mol. The van der Waals surface area contributed by atoms with Crippen LogP contribution in [0.4, 0.5) is 4.39 Å². The summed E-state index contributed by atoms with van der Waals surface area (Å²) < 4.78 is 51.5. The lowest BCUT2D eigenvalue weighted by Crippen LogP contribution is -2.44. The fraction of sp³-hybridized carbons (Fsp3) is 0.231. The maximum absolute atomic E-state index is 13.1. The molecule has 0 aliphatic carbocycles. The summed E-state index contributed by atoms with van der Waals surface area (Å²) in [6.45, 7) is 0.473. The van der Waals surface area contributed by atoms with Crippen molar-refractivity contribution in [3.05, 3.63) is 88.7 Å². The third-order valence-electron chi connectivity index (χ3n) is 5.81. The Bertz CT molecular complexity index is 1380. The summed E-state index contributed by atoms with van der Waals surface area (Å²) in [5.41, 5.74) is 3.87. The molecule has 0 aromatic heterocycles. The number of nitrogens with one attached hydrogen (secondary N) is 1. The highest BCUT2D eigenvalue weighted by Gasteiger charge is 2.39. The lowest BCUT2D eigenvalue weighted by molar-refractivity contribution is -0.124. The number of hydrazone groups is 1. The van der Waals surface area contributed by atoms with E-state index in [-0.39, 0.29) is 23.9 Å². The van der Waals surface area contributed by atoms with Crippen molar-refractivity contribution in [2.24, 2.45) is 5.10 Å². The number of hydrogen-bond donors (Lipinski definition) is 1. The van der Waals surface area contributed by atoms with Crippen LogP contribution < -0.4 is 14.9 Å². The lowest BCUT2D eigenvalue weighted by Gasteiger charge is -2.22. The van der Waals surface area contributed by atoms with Crippen LogP contribution in [0.5, 0.6) is 11.5 Å². The van der Waals surface area contributed by atoms with E-state index in [1.807, 2.05) is 0 Å². The van der Waals surface area contributed by atoms with Crippen molar-refractivity contribution >= 4 is 33.7 Å². The molecule has 3 aromatic carbocycles. The Hall–Kier alpha value is -3.47. The molecule has 1 aliphatic rings. The molecular weight excluding hydrogens is 521 g/mol. The lowest BCUT2D eigenvalue weighted by atomic mass is 10.2. The van der Waals surface area contributed by atoms with Crippen LogP contribution in [0, 0.1) is 5.82 Å². The number of hydrogen-bond acceptors (Lipinski definition) is 6. The first-order valence-corrected chi connectivity index (χ1v) is 13.3. The predicted octanol–water partition coefficient (Wildman–Crippen LogP) is 4.37. The quantitative estimate of drug-likeness (QED) is 0.318. The first kappa shape index (κ1) is 26.6. The molecule has 1 amide bonds. The smallest absolute Gasteiger partial charge is 0.258 e. The molecule has 0 radical (unpaired) electrons. The number of nitrogens with zero attached hydrogens (tertiary/aromatic N) is 2. The van der Waals surface area contributed by atoms with Crippen molar-refractivity contribution in [2.45, 2.75) is 30.4 Å². The first-order chi connectivity index (χ1) is 17.8. The average molecular weight is 546 g/mol. The average Bonchev–Trinajstić information content (AvgIpc) is 3.40. The van der Waals surface area contributed by atoms with Gasteiger partial charge < -0.3 is 9.47 Å². The largest absolute Gasteiger partial charge is 0.493 e. The van der Waals surface area contributed by atoms with Gasteiger partial charge in [-0.25, -0.2) is 18.2 Å². The van der Waals surface area contributed by atoms with Gasteiger partial charge in [0.2, 0.25) is 10.0 Å². The van der Waals surface area contributed by atoms with Gasteiger partial charge in [-0.3, -0.25) is 4.79 Å². The van der Waals surface area contributed by atoms with Crippen LogP contribution in [0.1, 0.15) is 24.0 Å². The van der Waals surface area contributed by atoms with E-state index < -0.39 is 22.0 Å². The third kappa shape index (κ3) is 6.46. The van der Waals surface area contributed by atoms with E-state index >= 15 is 0 Å². The molecular formula is C26H25ClFN3O5S. The van der Waals surface area contributed by atoms with Gasteiger partial charge >= 0.3 is 0 Å². The Kier molecular flexibility index (Phi) is 8.42. The van der Waals surface area contributed by atoms with Crippen molar-refractivity contribution in [2.75, 3.05) is 13.7 Å². The van der Waals surface area contributed by atoms with Crippen molar-refractivity contribution in [3.63, 3.8) is 0 Å². The molecule has 37 heavy (non-hydrogen) atoms. The summed E-state index contributed by atoms with van der Waals surface area (Å²) in [4.78, 5) is 12.9. The molecule has 4 rings (SSSR count). The maximum atomic E-state index is 13.1.